The van der Waals surface area contributed by atoms with Gasteiger partial charge in [0.05, 0.1) is 0 Å². The van der Waals surface area contributed by atoms with E-state index in [4.69, 9.17) is 12.2 Å². The Morgan fingerprint density at radius 3 is 2.20 bits per heavy atom. The van der Waals surface area contributed by atoms with Gasteiger partial charge in [-0.05, 0) is 17.0 Å². The fraction of sp³-hybridized carbons (Fsp3) is 0.500. The first kappa shape index (κ1) is 16.9. The van der Waals surface area contributed by atoms with Crippen molar-refractivity contribution in [3.05, 3.63) is 45.5 Å². The highest BCUT2D eigenvalue weighted by Crippen LogP contribution is 2.31. The lowest BCUT2D eigenvalue weighted by molar-refractivity contribution is -0.479. The second-order valence-corrected chi connectivity index (χ2v) is 6.94. The van der Waals surface area contributed by atoms with E-state index in [9.17, 15) is 10.1 Å². The summed E-state index contributed by atoms with van der Waals surface area (Å²) in [6.07, 6.45) is 0. The van der Waals surface area contributed by atoms with Gasteiger partial charge in [-0.25, -0.2) is 0 Å². The highest BCUT2D eigenvalue weighted by atomic mass is 32.2. The fourth-order valence-electron chi connectivity index (χ4n) is 1.67. The van der Waals surface area contributed by atoms with E-state index in [0.29, 0.717) is 10.2 Å². The minimum absolute atomic E-state index is 0.125. The number of rotatable bonds is 5. The van der Waals surface area contributed by atoms with Gasteiger partial charge in [0.2, 0.25) is 6.54 Å². The van der Waals surface area contributed by atoms with E-state index in [-0.39, 0.29) is 16.7 Å². The van der Waals surface area contributed by atoms with Crippen molar-refractivity contribution >= 4 is 28.3 Å². The average Bonchev–Trinajstić information content (AvgIpc) is 2.37. The molecule has 0 heterocycles. The molecule has 0 aliphatic rings. The zero-order chi connectivity index (χ0) is 15.3. The van der Waals surface area contributed by atoms with Gasteiger partial charge in [0.25, 0.3) is 0 Å². The Morgan fingerprint density at radius 1 is 1.30 bits per heavy atom. The van der Waals surface area contributed by atoms with Gasteiger partial charge in [0.15, 0.2) is 0 Å². The molecule has 0 bridgehead atoms. The molecule has 0 saturated heterocycles. The Hall–Kier alpha value is -1.14. The molecule has 0 radical (unpaired) electrons. The van der Waals surface area contributed by atoms with Gasteiger partial charge < -0.3 is 4.90 Å². The van der Waals surface area contributed by atoms with Crippen LogP contribution < -0.4 is 0 Å². The van der Waals surface area contributed by atoms with Crippen LogP contribution in [0.3, 0.4) is 0 Å². The van der Waals surface area contributed by atoms with Crippen LogP contribution in [0.15, 0.2) is 24.3 Å². The number of hydrogen-bond acceptors (Lipinski definition) is 4. The smallest absolute Gasteiger partial charge is 0.220 e. The zero-order valence-corrected chi connectivity index (χ0v) is 13.8. The van der Waals surface area contributed by atoms with Crippen molar-refractivity contribution in [2.45, 2.75) is 25.0 Å². The summed E-state index contributed by atoms with van der Waals surface area (Å²) in [4.78, 5) is 12.4. The summed E-state index contributed by atoms with van der Waals surface area (Å²) in [5.41, 5.74) is 2.18. The Bertz CT molecular complexity index is 473. The number of thiocarbonyl (C=S) groups is 1. The van der Waals surface area contributed by atoms with Crippen LogP contribution in [0.1, 0.15) is 36.1 Å². The first-order chi connectivity index (χ1) is 9.31. The SMILES string of the molecule is CC(C)c1ccc(C(C[N+](=O)[O-])SC(=S)N(C)C)cc1. The normalized spacial score (nSPS) is 12.2. The molecule has 1 rings (SSSR count). The molecule has 1 unspecified atom stereocenters. The minimum Gasteiger partial charge on any atom is -0.364 e. The van der Waals surface area contributed by atoms with Crippen LogP contribution in [-0.2, 0) is 0 Å². The van der Waals surface area contributed by atoms with E-state index in [1.807, 2.05) is 38.4 Å². The Morgan fingerprint density at radius 2 is 1.80 bits per heavy atom. The predicted octanol–water partition coefficient (Wildman–Crippen LogP) is 3.71. The first-order valence-electron chi connectivity index (χ1n) is 6.41. The number of thioether (sulfide) groups is 1. The highest BCUT2D eigenvalue weighted by Gasteiger charge is 2.21. The molecule has 1 aromatic carbocycles. The largest absolute Gasteiger partial charge is 0.364 e. The van der Waals surface area contributed by atoms with Gasteiger partial charge >= 0.3 is 0 Å². The molecule has 0 amide bonds. The summed E-state index contributed by atoms with van der Waals surface area (Å²) in [5.74, 6) is 0.452. The molecule has 20 heavy (non-hydrogen) atoms. The quantitative estimate of drug-likeness (QED) is 0.471. The van der Waals surface area contributed by atoms with E-state index in [2.05, 4.69) is 13.8 Å². The van der Waals surface area contributed by atoms with Gasteiger partial charge in [0, 0.05) is 19.0 Å². The molecule has 0 spiro atoms. The third-order valence-corrected chi connectivity index (χ3v) is 4.82. The van der Waals surface area contributed by atoms with Crippen LogP contribution in [-0.4, -0.2) is 34.8 Å². The van der Waals surface area contributed by atoms with Crippen LogP contribution in [0.5, 0.6) is 0 Å². The highest BCUT2D eigenvalue weighted by molar-refractivity contribution is 8.23. The fourth-order valence-corrected chi connectivity index (χ4v) is 2.96. The molecule has 110 valence electrons. The third kappa shape index (κ3) is 5.09. The standard InChI is InChI=1S/C14H20N2O2S2/c1-10(2)11-5-7-12(8-6-11)13(9-16(17)18)20-14(19)15(3)4/h5-8,10,13H,9H2,1-4H3. The first-order valence-corrected chi connectivity index (χ1v) is 7.69. The summed E-state index contributed by atoms with van der Waals surface area (Å²) < 4.78 is 0.657. The van der Waals surface area contributed by atoms with Crippen LogP contribution in [0, 0.1) is 10.1 Å². The van der Waals surface area contributed by atoms with E-state index in [1.54, 1.807) is 4.90 Å². The second-order valence-electron chi connectivity index (χ2n) is 5.10. The molecule has 4 nitrogen and oxygen atoms in total. The van der Waals surface area contributed by atoms with Crippen molar-refractivity contribution < 1.29 is 4.92 Å². The number of nitro groups is 1. The lowest BCUT2D eigenvalue weighted by Gasteiger charge is -2.18. The maximum Gasteiger partial charge on any atom is 0.220 e. The molecule has 0 aliphatic heterocycles. The lowest BCUT2D eigenvalue weighted by Crippen LogP contribution is -2.20. The molecule has 1 aromatic rings. The van der Waals surface area contributed by atoms with Crippen molar-refractivity contribution in [3.63, 3.8) is 0 Å². The molecule has 0 saturated carbocycles. The topological polar surface area (TPSA) is 46.4 Å². The van der Waals surface area contributed by atoms with Crippen LogP contribution in [0.2, 0.25) is 0 Å². The summed E-state index contributed by atoms with van der Waals surface area (Å²) in [7, 11) is 3.70. The molecule has 6 heteroatoms. The van der Waals surface area contributed by atoms with Gasteiger partial charge in [-0.3, -0.25) is 10.1 Å². The van der Waals surface area contributed by atoms with E-state index < -0.39 is 0 Å². The van der Waals surface area contributed by atoms with Crippen molar-refractivity contribution in [2.24, 2.45) is 0 Å². The van der Waals surface area contributed by atoms with Gasteiger partial charge in [-0.2, -0.15) is 0 Å². The lowest BCUT2D eigenvalue weighted by atomic mass is 10.0. The summed E-state index contributed by atoms with van der Waals surface area (Å²) >= 11 is 6.60. The second kappa shape index (κ2) is 7.59. The zero-order valence-electron chi connectivity index (χ0n) is 12.2. The van der Waals surface area contributed by atoms with Gasteiger partial charge in [-0.1, -0.05) is 62.1 Å². The van der Waals surface area contributed by atoms with Crippen LogP contribution in [0.4, 0.5) is 0 Å². The molecule has 0 aromatic heterocycles. The number of nitrogens with zero attached hydrogens (tertiary/aromatic N) is 2. The van der Waals surface area contributed by atoms with Crippen molar-refractivity contribution in [3.8, 4) is 0 Å². The predicted molar refractivity (Wildman–Crippen MR) is 89.0 cm³/mol. The summed E-state index contributed by atoms with van der Waals surface area (Å²) in [6.45, 7) is 4.12. The van der Waals surface area contributed by atoms with E-state index >= 15 is 0 Å². The van der Waals surface area contributed by atoms with Crippen LogP contribution >= 0.6 is 24.0 Å². The van der Waals surface area contributed by atoms with Crippen molar-refractivity contribution in [1.29, 1.82) is 0 Å². The van der Waals surface area contributed by atoms with Crippen molar-refractivity contribution in [2.75, 3.05) is 20.6 Å². The Labute approximate surface area is 129 Å². The molecular weight excluding hydrogens is 292 g/mol. The van der Waals surface area contributed by atoms with E-state index in [1.165, 1.54) is 17.3 Å². The average molecular weight is 312 g/mol. The summed E-state index contributed by atoms with van der Waals surface area (Å²) in [6, 6.07) is 8.00. The number of benzene rings is 1. The Balaban J connectivity index is 2.92. The summed E-state index contributed by atoms with van der Waals surface area (Å²) in [5, 5.41) is 10.6. The molecular formula is C14H20N2O2S2. The maximum atomic E-state index is 10.8. The van der Waals surface area contributed by atoms with Crippen LogP contribution in [0.25, 0.3) is 0 Å². The van der Waals surface area contributed by atoms with E-state index in [0.717, 1.165) is 5.56 Å². The van der Waals surface area contributed by atoms with Gasteiger partial charge in [0.1, 0.15) is 9.57 Å². The third-order valence-electron chi connectivity index (χ3n) is 2.90. The molecule has 0 fully saturated rings. The minimum atomic E-state index is -0.285. The molecule has 1 atom stereocenters. The van der Waals surface area contributed by atoms with Crippen molar-refractivity contribution in [1.82, 2.24) is 4.90 Å². The maximum absolute atomic E-state index is 10.8. The van der Waals surface area contributed by atoms with Gasteiger partial charge in [-0.15, -0.1) is 0 Å². The number of hydrogen-bond donors (Lipinski definition) is 0. The molecule has 0 aliphatic carbocycles. The monoisotopic (exact) mass is 312 g/mol. The Kier molecular flexibility index (Phi) is 6.42. The molecule has 0 N–H and O–H groups in total.